The van der Waals surface area contributed by atoms with E-state index in [0.717, 1.165) is 37.7 Å². The highest BCUT2D eigenvalue weighted by atomic mass is 32.2. The highest BCUT2D eigenvalue weighted by molar-refractivity contribution is 8.24. The molecular weight excluding hydrogens is 270 g/mol. The van der Waals surface area contributed by atoms with Gasteiger partial charge >= 0.3 is 5.97 Å². The fraction of sp³-hybridized carbons (Fsp3) is 0.750. The molecule has 1 aliphatic heterocycles. The summed E-state index contributed by atoms with van der Waals surface area (Å²) in [5.41, 5.74) is 0. The molecule has 0 aromatic carbocycles. The topological polar surface area (TPSA) is 46.6 Å². The lowest BCUT2D eigenvalue weighted by molar-refractivity contribution is -0.144. The molecule has 1 aliphatic rings. The van der Waals surface area contributed by atoms with Crippen LogP contribution in [0.25, 0.3) is 0 Å². The first-order valence-electron chi connectivity index (χ1n) is 6.19. The van der Waals surface area contributed by atoms with Crippen LogP contribution in [0.5, 0.6) is 0 Å². The minimum atomic E-state index is -0.820. The normalized spacial score (nSPS) is 17.1. The number of carbonyl (C=O) groups is 2. The Bertz CT molecular complexity index is 327. The second-order valence-corrected chi connectivity index (χ2v) is 5.91. The van der Waals surface area contributed by atoms with Crippen molar-refractivity contribution in [1.82, 2.24) is 4.90 Å². The number of hydrogen-bond donors (Lipinski definition) is 0. The summed E-state index contributed by atoms with van der Waals surface area (Å²) in [5, 5.41) is -0.820. The molecule has 18 heavy (non-hydrogen) atoms. The zero-order chi connectivity index (χ0) is 13.5. The maximum absolute atomic E-state index is 11.7. The number of ketones is 1. The predicted molar refractivity (Wildman–Crippen MR) is 76.7 cm³/mol. The van der Waals surface area contributed by atoms with Crippen molar-refractivity contribution in [3.63, 3.8) is 0 Å². The third-order valence-electron chi connectivity index (χ3n) is 2.70. The molecule has 0 aromatic heterocycles. The van der Waals surface area contributed by atoms with Crippen molar-refractivity contribution >= 4 is 40.1 Å². The Morgan fingerprint density at radius 2 is 1.94 bits per heavy atom. The molecule has 0 saturated carbocycles. The number of hydrogen-bond acceptors (Lipinski definition) is 5. The summed E-state index contributed by atoms with van der Waals surface area (Å²) in [7, 11) is 0. The largest absolute Gasteiger partial charge is 0.465 e. The molecule has 0 amide bonds. The number of rotatable bonds is 4. The third-order valence-corrected chi connectivity index (χ3v) is 4.47. The number of carbonyl (C=O) groups excluding carboxylic acids is 2. The van der Waals surface area contributed by atoms with Crippen molar-refractivity contribution in [2.24, 2.45) is 0 Å². The van der Waals surface area contributed by atoms with Crippen LogP contribution in [-0.4, -0.2) is 45.9 Å². The number of ether oxygens (including phenoxy) is 1. The zero-order valence-corrected chi connectivity index (χ0v) is 12.4. The van der Waals surface area contributed by atoms with E-state index >= 15 is 0 Å². The van der Waals surface area contributed by atoms with Crippen molar-refractivity contribution in [3.05, 3.63) is 0 Å². The summed E-state index contributed by atoms with van der Waals surface area (Å²) in [5.74, 6) is -0.702. The molecule has 1 saturated heterocycles. The lowest BCUT2D eigenvalue weighted by atomic mass is 10.1. The molecule has 102 valence electrons. The van der Waals surface area contributed by atoms with Gasteiger partial charge in [-0.3, -0.25) is 9.59 Å². The van der Waals surface area contributed by atoms with E-state index in [2.05, 4.69) is 4.90 Å². The molecule has 0 radical (unpaired) electrons. The van der Waals surface area contributed by atoms with Gasteiger partial charge in [-0.25, -0.2) is 0 Å². The molecule has 1 unspecified atom stereocenters. The van der Waals surface area contributed by atoms with Crippen molar-refractivity contribution in [2.75, 3.05) is 19.7 Å². The molecule has 1 atom stereocenters. The van der Waals surface area contributed by atoms with Crippen LogP contribution in [0.15, 0.2) is 0 Å². The van der Waals surface area contributed by atoms with Crippen molar-refractivity contribution < 1.29 is 14.3 Å². The van der Waals surface area contributed by atoms with Crippen molar-refractivity contribution in [3.8, 4) is 0 Å². The Hall–Kier alpha value is -0.620. The number of Topliss-reactive ketones (excluding diaryl/α,β-unsaturated/α-hetero) is 1. The Morgan fingerprint density at radius 1 is 1.33 bits per heavy atom. The van der Waals surface area contributed by atoms with Crippen LogP contribution < -0.4 is 0 Å². The second kappa shape index (κ2) is 7.74. The summed E-state index contributed by atoms with van der Waals surface area (Å²) in [6, 6.07) is 0. The van der Waals surface area contributed by atoms with Gasteiger partial charge in [0.15, 0.2) is 11.0 Å². The van der Waals surface area contributed by atoms with Crippen LogP contribution in [0.1, 0.15) is 33.1 Å². The molecular formula is C12H19NO3S2. The molecule has 0 bridgehead atoms. The van der Waals surface area contributed by atoms with Gasteiger partial charge in [-0.05, 0) is 33.1 Å². The maximum atomic E-state index is 11.7. The summed E-state index contributed by atoms with van der Waals surface area (Å²) in [6.45, 7) is 5.23. The zero-order valence-electron chi connectivity index (χ0n) is 10.8. The SMILES string of the molecule is CCOC(=O)C(SC(=S)N1CCCCC1)C(C)=O. The Morgan fingerprint density at radius 3 is 2.44 bits per heavy atom. The highest BCUT2D eigenvalue weighted by Gasteiger charge is 2.29. The molecule has 0 aliphatic carbocycles. The van der Waals surface area contributed by atoms with Gasteiger partial charge in [0.25, 0.3) is 0 Å². The standard InChI is InChI=1S/C12H19NO3S2/c1-3-16-11(15)10(9(2)14)18-12(17)13-7-5-4-6-8-13/h10H,3-8H2,1-2H3. The molecule has 0 aromatic rings. The van der Waals surface area contributed by atoms with Crippen molar-refractivity contribution in [2.45, 2.75) is 38.4 Å². The molecule has 0 spiro atoms. The van der Waals surface area contributed by atoms with E-state index in [9.17, 15) is 9.59 Å². The third kappa shape index (κ3) is 4.57. The van der Waals surface area contributed by atoms with E-state index in [1.807, 2.05) is 0 Å². The predicted octanol–water partition coefficient (Wildman–Crippen LogP) is 2.01. The number of thioether (sulfide) groups is 1. The van der Waals surface area contributed by atoms with Crippen LogP contribution in [-0.2, 0) is 14.3 Å². The lowest BCUT2D eigenvalue weighted by Crippen LogP contribution is -2.36. The Labute approximate surface area is 117 Å². The summed E-state index contributed by atoms with van der Waals surface area (Å²) < 4.78 is 5.52. The second-order valence-electron chi connectivity index (χ2n) is 4.17. The van der Waals surface area contributed by atoms with Crippen LogP contribution >= 0.6 is 24.0 Å². The van der Waals surface area contributed by atoms with E-state index in [1.54, 1.807) is 6.92 Å². The van der Waals surface area contributed by atoms with E-state index in [0.29, 0.717) is 4.32 Å². The van der Waals surface area contributed by atoms with Gasteiger partial charge in [0.05, 0.1) is 6.61 Å². The molecule has 1 fully saturated rings. The van der Waals surface area contributed by atoms with Crippen molar-refractivity contribution in [1.29, 1.82) is 0 Å². The minimum Gasteiger partial charge on any atom is -0.465 e. The monoisotopic (exact) mass is 289 g/mol. The number of esters is 1. The molecule has 0 N–H and O–H groups in total. The average molecular weight is 289 g/mol. The van der Waals surface area contributed by atoms with E-state index in [4.69, 9.17) is 17.0 Å². The molecule has 1 heterocycles. The average Bonchev–Trinajstić information content (AvgIpc) is 2.36. The Balaban J connectivity index is 2.57. The van der Waals surface area contributed by atoms with Crippen LogP contribution in [0.4, 0.5) is 0 Å². The first-order valence-corrected chi connectivity index (χ1v) is 7.47. The minimum absolute atomic E-state index is 0.210. The number of likely N-dealkylation sites (tertiary alicyclic amines) is 1. The highest BCUT2D eigenvalue weighted by Crippen LogP contribution is 2.21. The summed E-state index contributed by atoms with van der Waals surface area (Å²) >= 11 is 6.44. The fourth-order valence-corrected chi connectivity index (χ4v) is 3.10. The van der Waals surface area contributed by atoms with E-state index < -0.39 is 11.2 Å². The van der Waals surface area contributed by atoms with Gasteiger partial charge in [-0.15, -0.1) is 0 Å². The first kappa shape index (κ1) is 15.4. The number of piperidine rings is 1. The molecule has 6 heteroatoms. The lowest BCUT2D eigenvalue weighted by Gasteiger charge is -2.29. The van der Waals surface area contributed by atoms with Gasteiger partial charge in [0.1, 0.15) is 4.32 Å². The van der Waals surface area contributed by atoms with E-state index in [-0.39, 0.29) is 12.4 Å². The van der Waals surface area contributed by atoms with Gasteiger partial charge in [-0.2, -0.15) is 0 Å². The molecule has 4 nitrogen and oxygen atoms in total. The summed E-state index contributed by atoms with van der Waals surface area (Å²) in [6.07, 6.45) is 3.45. The smallest absolute Gasteiger partial charge is 0.327 e. The Kier molecular flexibility index (Phi) is 6.63. The van der Waals surface area contributed by atoms with Gasteiger partial charge in [-0.1, -0.05) is 24.0 Å². The van der Waals surface area contributed by atoms with E-state index in [1.165, 1.54) is 13.3 Å². The van der Waals surface area contributed by atoms with Gasteiger partial charge in [0, 0.05) is 13.1 Å². The number of thiocarbonyl (C=S) groups is 1. The quantitative estimate of drug-likeness (QED) is 0.448. The fourth-order valence-electron chi connectivity index (χ4n) is 1.77. The summed E-state index contributed by atoms with van der Waals surface area (Å²) in [4.78, 5) is 25.2. The molecule has 1 rings (SSSR count). The first-order chi connectivity index (χ1) is 8.56. The van der Waals surface area contributed by atoms with Crippen LogP contribution in [0, 0.1) is 0 Å². The number of nitrogens with zero attached hydrogens (tertiary/aromatic N) is 1. The maximum Gasteiger partial charge on any atom is 0.327 e. The van der Waals surface area contributed by atoms with Gasteiger partial charge in [0.2, 0.25) is 0 Å². The van der Waals surface area contributed by atoms with Crippen LogP contribution in [0.2, 0.25) is 0 Å². The van der Waals surface area contributed by atoms with Crippen LogP contribution in [0.3, 0.4) is 0 Å². The van der Waals surface area contributed by atoms with Gasteiger partial charge < -0.3 is 9.64 Å².